The number of rotatable bonds is 7. The van der Waals surface area contributed by atoms with E-state index in [9.17, 15) is 0 Å². The van der Waals surface area contributed by atoms with Gasteiger partial charge in [-0.1, -0.05) is 12.1 Å². The van der Waals surface area contributed by atoms with Gasteiger partial charge in [-0.3, -0.25) is 4.99 Å². The highest BCUT2D eigenvalue weighted by molar-refractivity contribution is 14.0. The minimum Gasteiger partial charge on any atom is -0.357 e. The summed E-state index contributed by atoms with van der Waals surface area (Å²) in [6.45, 7) is 5.50. The topological polar surface area (TPSA) is 50.4 Å². The molecule has 3 rings (SSSR count). The van der Waals surface area contributed by atoms with E-state index in [0.29, 0.717) is 0 Å². The molecule has 0 radical (unpaired) electrons. The number of aliphatic imine (C=N–C) groups is 1. The average Bonchev–Trinajstić information content (AvgIpc) is 3.24. The molecule has 0 saturated heterocycles. The quantitative estimate of drug-likeness (QED) is 0.244. The minimum absolute atomic E-state index is 0. The van der Waals surface area contributed by atoms with Crippen LogP contribution in [0.2, 0.25) is 0 Å². The number of hydrogen-bond acceptors (Lipinski definition) is 2. The molecule has 0 bridgehead atoms. The summed E-state index contributed by atoms with van der Waals surface area (Å²) in [4.78, 5) is 11.4. The Kier molecular flexibility index (Phi) is 8.15. The molecule has 1 aromatic carbocycles. The van der Waals surface area contributed by atoms with Crippen LogP contribution in [0.1, 0.15) is 19.0 Å². The van der Waals surface area contributed by atoms with E-state index in [1.807, 2.05) is 18.5 Å². The van der Waals surface area contributed by atoms with Crippen LogP contribution in [0.5, 0.6) is 0 Å². The maximum atomic E-state index is 4.79. The molecule has 0 amide bonds. The number of nitrogens with one attached hydrogen (secondary N) is 1. The van der Waals surface area contributed by atoms with Crippen molar-refractivity contribution in [3.8, 4) is 0 Å². The first-order chi connectivity index (χ1) is 12.7. The number of halogens is 1. The van der Waals surface area contributed by atoms with E-state index < -0.39 is 0 Å². The van der Waals surface area contributed by atoms with Gasteiger partial charge in [0.2, 0.25) is 0 Å². The smallest absolute Gasteiger partial charge is 0.194 e. The van der Waals surface area contributed by atoms with Crippen LogP contribution in [0, 0.1) is 0 Å². The van der Waals surface area contributed by atoms with E-state index in [1.165, 1.54) is 11.2 Å². The number of hydrogen-bond donors (Lipinski definition) is 1. The van der Waals surface area contributed by atoms with Gasteiger partial charge in [0.25, 0.3) is 0 Å². The van der Waals surface area contributed by atoms with Crippen molar-refractivity contribution in [2.75, 3.05) is 20.1 Å². The van der Waals surface area contributed by atoms with E-state index in [-0.39, 0.29) is 24.0 Å². The summed E-state index contributed by atoms with van der Waals surface area (Å²) in [6, 6.07) is 12.5. The van der Waals surface area contributed by atoms with Crippen molar-refractivity contribution in [1.29, 1.82) is 0 Å². The lowest BCUT2D eigenvalue weighted by Gasteiger charge is -2.22. The van der Waals surface area contributed by atoms with E-state index >= 15 is 0 Å². The molecule has 0 aliphatic heterocycles. The summed E-state index contributed by atoms with van der Waals surface area (Å²) in [5.74, 6) is 0.948. The summed E-state index contributed by atoms with van der Waals surface area (Å²) in [5.41, 5.74) is 3.50. The molecule has 0 saturated carbocycles. The number of nitrogens with zero attached hydrogens (tertiary/aromatic N) is 5. The largest absolute Gasteiger partial charge is 0.357 e. The van der Waals surface area contributed by atoms with Gasteiger partial charge in [0.15, 0.2) is 5.96 Å². The molecule has 0 aliphatic carbocycles. The molecule has 27 heavy (non-hydrogen) atoms. The van der Waals surface area contributed by atoms with Crippen molar-refractivity contribution in [1.82, 2.24) is 24.3 Å². The molecule has 2 heterocycles. The molecule has 0 atom stereocenters. The molecule has 146 valence electrons. The Hall–Kier alpha value is -2.03. The van der Waals surface area contributed by atoms with Gasteiger partial charge in [-0.25, -0.2) is 4.98 Å². The van der Waals surface area contributed by atoms with Crippen molar-refractivity contribution < 1.29 is 0 Å². The van der Waals surface area contributed by atoms with Crippen LogP contribution in [0.4, 0.5) is 0 Å². The predicted octanol–water partition coefficient (Wildman–Crippen LogP) is 3.48. The van der Waals surface area contributed by atoms with Gasteiger partial charge in [-0.2, -0.15) is 0 Å². The first-order valence-corrected chi connectivity index (χ1v) is 9.18. The summed E-state index contributed by atoms with van der Waals surface area (Å²) in [7, 11) is 4.15. The Labute approximate surface area is 178 Å². The fourth-order valence-electron chi connectivity index (χ4n) is 3.06. The van der Waals surface area contributed by atoms with Crippen LogP contribution in [0.3, 0.4) is 0 Å². The number of benzene rings is 1. The van der Waals surface area contributed by atoms with Crippen LogP contribution < -0.4 is 5.32 Å². The highest BCUT2D eigenvalue weighted by Gasteiger charge is 2.08. The third-order valence-electron chi connectivity index (χ3n) is 4.49. The SMILES string of the molecule is CCNC(=NCCCn1cnc2ccccc21)N(C)Cc1cccn1C.I. The number of aryl methyl sites for hydroxylation is 2. The van der Waals surface area contributed by atoms with Crippen LogP contribution in [0.15, 0.2) is 53.9 Å². The zero-order valence-corrected chi connectivity index (χ0v) is 18.6. The van der Waals surface area contributed by atoms with Gasteiger partial charge < -0.3 is 19.4 Å². The van der Waals surface area contributed by atoms with Gasteiger partial charge >= 0.3 is 0 Å². The lowest BCUT2D eigenvalue weighted by molar-refractivity contribution is 0.461. The number of fused-ring (bicyclic) bond motifs is 1. The fourth-order valence-corrected chi connectivity index (χ4v) is 3.06. The third kappa shape index (κ3) is 5.47. The predicted molar refractivity (Wildman–Crippen MR) is 123 cm³/mol. The van der Waals surface area contributed by atoms with E-state index in [1.54, 1.807) is 0 Å². The Morgan fingerprint density at radius 3 is 2.78 bits per heavy atom. The first kappa shape index (κ1) is 21.3. The minimum atomic E-state index is 0. The summed E-state index contributed by atoms with van der Waals surface area (Å²) >= 11 is 0. The van der Waals surface area contributed by atoms with Crippen LogP contribution in [0.25, 0.3) is 11.0 Å². The Morgan fingerprint density at radius 2 is 2.04 bits per heavy atom. The maximum Gasteiger partial charge on any atom is 0.194 e. The zero-order valence-electron chi connectivity index (χ0n) is 16.3. The van der Waals surface area contributed by atoms with Crippen molar-refractivity contribution in [3.63, 3.8) is 0 Å². The second kappa shape index (κ2) is 10.3. The second-order valence-corrected chi connectivity index (χ2v) is 6.48. The molecular formula is C20H29IN6. The fraction of sp³-hybridized carbons (Fsp3) is 0.400. The number of para-hydroxylation sites is 2. The zero-order chi connectivity index (χ0) is 18.4. The van der Waals surface area contributed by atoms with Crippen LogP contribution in [-0.2, 0) is 20.1 Å². The molecule has 2 aromatic heterocycles. The van der Waals surface area contributed by atoms with Gasteiger partial charge in [-0.15, -0.1) is 24.0 Å². The molecule has 0 unspecified atom stereocenters. The van der Waals surface area contributed by atoms with Crippen molar-refractivity contribution >= 4 is 41.0 Å². The highest BCUT2D eigenvalue weighted by atomic mass is 127. The van der Waals surface area contributed by atoms with Crippen molar-refractivity contribution in [3.05, 3.63) is 54.6 Å². The summed E-state index contributed by atoms with van der Waals surface area (Å²) < 4.78 is 4.34. The molecule has 0 aliphatic rings. The van der Waals surface area contributed by atoms with E-state index in [2.05, 4.69) is 75.8 Å². The van der Waals surface area contributed by atoms with Crippen molar-refractivity contribution in [2.45, 2.75) is 26.4 Å². The third-order valence-corrected chi connectivity index (χ3v) is 4.49. The number of imidazole rings is 1. The number of aromatic nitrogens is 3. The van der Waals surface area contributed by atoms with Crippen LogP contribution >= 0.6 is 24.0 Å². The van der Waals surface area contributed by atoms with E-state index in [4.69, 9.17) is 4.99 Å². The molecule has 7 heteroatoms. The standard InChI is InChI=1S/C20H28N6.HI/c1-4-21-20(25(3)15-17-9-7-13-24(17)2)22-12-8-14-26-16-23-18-10-5-6-11-19(18)26;/h5-7,9-11,13,16H,4,8,12,14-15H2,1-3H3,(H,21,22);1H. The van der Waals surface area contributed by atoms with Crippen LogP contribution in [-0.4, -0.2) is 45.1 Å². The van der Waals surface area contributed by atoms with Gasteiger partial charge in [0, 0.05) is 45.6 Å². The normalized spacial score (nSPS) is 11.4. The van der Waals surface area contributed by atoms with Gasteiger partial charge in [0.05, 0.1) is 23.9 Å². The maximum absolute atomic E-state index is 4.79. The average molecular weight is 480 g/mol. The lowest BCUT2D eigenvalue weighted by Crippen LogP contribution is -2.38. The lowest BCUT2D eigenvalue weighted by atomic mass is 10.3. The molecule has 0 fully saturated rings. The first-order valence-electron chi connectivity index (χ1n) is 9.18. The monoisotopic (exact) mass is 480 g/mol. The van der Waals surface area contributed by atoms with Gasteiger partial charge in [0.1, 0.15) is 0 Å². The van der Waals surface area contributed by atoms with Crippen molar-refractivity contribution in [2.24, 2.45) is 12.0 Å². The molecule has 1 N–H and O–H groups in total. The van der Waals surface area contributed by atoms with E-state index in [0.717, 1.165) is 44.1 Å². The second-order valence-electron chi connectivity index (χ2n) is 6.48. The Balaban J connectivity index is 0.00000261. The molecule has 0 spiro atoms. The Bertz CT molecular complexity index is 866. The van der Waals surface area contributed by atoms with Gasteiger partial charge in [-0.05, 0) is 37.6 Å². The molecule has 3 aromatic rings. The number of guanidine groups is 1. The summed E-state index contributed by atoms with van der Waals surface area (Å²) in [6.07, 6.45) is 4.97. The summed E-state index contributed by atoms with van der Waals surface area (Å²) in [5, 5.41) is 3.39. The molecular weight excluding hydrogens is 451 g/mol. The highest BCUT2D eigenvalue weighted by Crippen LogP contribution is 2.12. The Morgan fingerprint density at radius 1 is 1.22 bits per heavy atom. The molecule has 6 nitrogen and oxygen atoms in total.